The molecule has 4 N–H and O–H groups in total. The second-order valence-corrected chi connectivity index (χ2v) is 1.97. The monoisotopic (exact) mass is 142 g/mol. The number of allylic oxidation sites excluding steroid dienone is 1. The first kappa shape index (κ1) is 8.68. The minimum atomic E-state index is -1.18. The zero-order valence-electron chi connectivity index (χ0n) is 5.93. The van der Waals surface area contributed by atoms with E-state index in [1.165, 1.54) is 13.8 Å². The summed E-state index contributed by atoms with van der Waals surface area (Å²) in [6, 6.07) is 0. The minimum absolute atomic E-state index is 0.180. The van der Waals surface area contributed by atoms with Crippen molar-refractivity contribution in [2.24, 2.45) is 5.73 Å². The highest BCUT2D eigenvalue weighted by Crippen LogP contribution is 1.98. The molecular formula is C6H10N2O2. The second-order valence-electron chi connectivity index (χ2n) is 1.97. The molecule has 4 heteroatoms. The summed E-state index contributed by atoms with van der Waals surface area (Å²) in [6.45, 7) is 3.00. The molecule has 0 fully saturated rings. The van der Waals surface area contributed by atoms with E-state index in [-0.39, 0.29) is 11.4 Å². The lowest BCUT2D eigenvalue weighted by atomic mass is 10.1. The largest absolute Gasteiger partial charge is 0.477 e. The lowest BCUT2D eigenvalue weighted by Gasteiger charge is -1.99. The number of carboxylic acids is 1. The molecule has 0 aliphatic rings. The van der Waals surface area contributed by atoms with Crippen molar-refractivity contribution in [1.29, 1.82) is 5.41 Å². The number of aliphatic carboxylic acids is 1. The quantitative estimate of drug-likeness (QED) is 0.384. The first-order chi connectivity index (χ1) is 4.46. The van der Waals surface area contributed by atoms with Crippen LogP contribution in [0.3, 0.4) is 0 Å². The van der Waals surface area contributed by atoms with Gasteiger partial charge in [0, 0.05) is 5.71 Å². The third kappa shape index (κ3) is 1.89. The Balaban J connectivity index is 4.67. The first-order valence-electron chi connectivity index (χ1n) is 2.72. The molecule has 0 amide bonds. The number of hydrogen-bond donors (Lipinski definition) is 3. The fraction of sp³-hybridized carbons (Fsp3) is 0.333. The Labute approximate surface area is 58.9 Å². The second kappa shape index (κ2) is 3.00. The zero-order valence-corrected chi connectivity index (χ0v) is 5.93. The van der Waals surface area contributed by atoms with Gasteiger partial charge in [-0.15, -0.1) is 0 Å². The minimum Gasteiger partial charge on any atom is -0.477 e. The normalized spacial score (nSPS) is 12.2. The molecule has 0 aromatic rings. The third-order valence-electron chi connectivity index (χ3n) is 1.20. The molecule has 0 spiro atoms. The van der Waals surface area contributed by atoms with Gasteiger partial charge < -0.3 is 16.2 Å². The van der Waals surface area contributed by atoms with Crippen molar-refractivity contribution in [1.82, 2.24) is 0 Å². The van der Waals surface area contributed by atoms with Crippen LogP contribution in [0.4, 0.5) is 0 Å². The van der Waals surface area contributed by atoms with E-state index in [0.29, 0.717) is 5.57 Å². The van der Waals surface area contributed by atoms with Gasteiger partial charge in [0.25, 0.3) is 0 Å². The Kier molecular flexibility index (Phi) is 2.61. The molecule has 0 aromatic carbocycles. The van der Waals surface area contributed by atoms with Crippen LogP contribution in [0.25, 0.3) is 0 Å². The van der Waals surface area contributed by atoms with Crippen LogP contribution in [0.1, 0.15) is 13.8 Å². The molecule has 0 aliphatic carbocycles. The predicted molar refractivity (Wildman–Crippen MR) is 37.9 cm³/mol. The van der Waals surface area contributed by atoms with Gasteiger partial charge in [-0.3, -0.25) is 0 Å². The summed E-state index contributed by atoms with van der Waals surface area (Å²) >= 11 is 0. The maximum atomic E-state index is 10.2. The Hall–Kier alpha value is -1.32. The standard InChI is InChI=1S/C6H10N2O2/c1-3(4(2)7)5(8)6(9)10/h7H,8H2,1-2H3,(H,9,10)/b5-3-,7-4?. The summed E-state index contributed by atoms with van der Waals surface area (Å²) in [6.07, 6.45) is 0. The lowest BCUT2D eigenvalue weighted by Crippen LogP contribution is -2.14. The molecule has 0 aliphatic heterocycles. The number of hydrogen-bond acceptors (Lipinski definition) is 3. The van der Waals surface area contributed by atoms with Crippen molar-refractivity contribution in [2.45, 2.75) is 13.8 Å². The van der Waals surface area contributed by atoms with E-state index in [1.807, 2.05) is 0 Å². The summed E-state index contributed by atoms with van der Waals surface area (Å²) in [7, 11) is 0. The Bertz CT molecular complexity index is 184. The van der Waals surface area contributed by atoms with Crippen LogP contribution in [0.5, 0.6) is 0 Å². The molecule has 4 nitrogen and oxygen atoms in total. The first-order valence-corrected chi connectivity index (χ1v) is 2.72. The molecule has 0 heterocycles. The van der Waals surface area contributed by atoms with Crippen LogP contribution >= 0.6 is 0 Å². The van der Waals surface area contributed by atoms with E-state index in [1.54, 1.807) is 0 Å². The molecule has 0 radical (unpaired) electrons. The van der Waals surface area contributed by atoms with Gasteiger partial charge in [-0.05, 0) is 19.4 Å². The van der Waals surface area contributed by atoms with Crippen molar-refractivity contribution in [3.05, 3.63) is 11.3 Å². The molecule has 56 valence electrons. The van der Waals surface area contributed by atoms with Gasteiger partial charge >= 0.3 is 5.97 Å². The fourth-order valence-corrected chi connectivity index (χ4v) is 0.362. The fourth-order valence-electron chi connectivity index (χ4n) is 0.362. The van der Waals surface area contributed by atoms with Crippen molar-refractivity contribution >= 4 is 11.7 Å². The van der Waals surface area contributed by atoms with Crippen LogP contribution in [0, 0.1) is 5.41 Å². The van der Waals surface area contributed by atoms with E-state index in [0.717, 1.165) is 0 Å². The van der Waals surface area contributed by atoms with E-state index in [2.05, 4.69) is 0 Å². The highest BCUT2D eigenvalue weighted by molar-refractivity contribution is 6.02. The molecule has 0 aromatic heterocycles. The number of carboxylic acid groups (broad SMARTS) is 1. The summed E-state index contributed by atoms with van der Waals surface area (Å²) in [5.41, 5.74) is 5.34. The number of carbonyl (C=O) groups is 1. The molecule has 10 heavy (non-hydrogen) atoms. The lowest BCUT2D eigenvalue weighted by molar-refractivity contribution is -0.132. The van der Waals surface area contributed by atoms with Crippen LogP contribution in [-0.2, 0) is 4.79 Å². The topological polar surface area (TPSA) is 87.2 Å². The predicted octanol–water partition coefficient (Wildman–Crippen LogP) is 0.343. The molecule has 0 bridgehead atoms. The highest BCUT2D eigenvalue weighted by Gasteiger charge is 2.06. The van der Waals surface area contributed by atoms with Crippen LogP contribution in [0.15, 0.2) is 11.3 Å². The zero-order chi connectivity index (χ0) is 8.31. The average molecular weight is 142 g/mol. The van der Waals surface area contributed by atoms with Crippen LogP contribution in [-0.4, -0.2) is 16.8 Å². The highest BCUT2D eigenvalue weighted by atomic mass is 16.4. The van der Waals surface area contributed by atoms with Gasteiger partial charge in [-0.2, -0.15) is 0 Å². The molecular weight excluding hydrogens is 132 g/mol. The van der Waals surface area contributed by atoms with Gasteiger partial charge in [0.1, 0.15) is 5.70 Å². The van der Waals surface area contributed by atoms with Gasteiger partial charge in [-0.25, -0.2) is 4.79 Å². The van der Waals surface area contributed by atoms with E-state index >= 15 is 0 Å². The summed E-state index contributed by atoms with van der Waals surface area (Å²) in [5, 5.41) is 15.3. The SMILES string of the molecule is CC(=N)/C(C)=C(\N)C(=O)O. The number of nitrogens with two attached hydrogens (primary N) is 1. The Morgan fingerprint density at radius 3 is 2.00 bits per heavy atom. The molecule has 0 unspecified atom stereocenters. The molecule has 0 rings (SSSR count). The van der Waals surface area contributed by atoms with Crippen LogP contribution in [0.2, 0.25) is 0 Å². The van der Waals surface area contributed by atoms with Crippen LogP contribution < -0.4 is 5.73 Å². The number of rotatable bonds is 2. The van der Waals surface area contributed by atoms with E-state index in [4.69, 9.17) is 16.2 Å². The molecule has 0 atom stereocenters. The van der Waals surface area contributed by atoms with E-state index < -0.39 is 5.97 Å². The molecule has 0 saturated heterocycles. The number of nitrogens with one attached hydrogen (secondary N) is 1. The maximum absolute atomic E-state index is 10.2. The smallest absolute Gasteiger partial charge is 0.352 e. The van der Waals surface area contributed by atoms with Crippen molar-refractivity contribution in [3.63, 3.8) is 0 Å². The summed E-state index contributed by atoms with van der Waals surface area (Å²) < 4.78 is 0. The maximum Gasteiger partial charge on any atom is 0.352 e. The van der Waals surface area contributed by atoms with Crippen molar-refractivity contribution < 1.29 is 9.90 Å². The average Bonchev–Trinajstić information content (AvgIpc) is 1.84. The van der Waals surface area contributed by atoms with E-state index in [9.17, 15) is 4.79 Å². The van der Waals surface area contributed by atoms with Gasteiger partial charge in [-0.1, -0.05) is 0 Å². The van der Waals surface area contributed by atoms with Gasteiger partial charge in [0.15, 0.2) is 0 Å². The van der Waals surface area contributed by atoms with Crippen molar-refractivity contribution in [3.8, 4) is 0 Å². The summed E-state index contributed by atoms with van der Waals surface area (Å²) in [4.78, 5) is 10.2. The van der Waals surface area contributed by atoms with Gasteiger partial charge in [0.2, 0.25) is 0 Å². The third-order valence-corrected chi connectivity index (χ3v) is 1.20. The van der Waals surface area contributed by atoms with Gasteiger partial charge in [0.05, 0.1) is 0 Å². The van der Waals surface area contributed by atoms with Crippen molar-refractivity contribution in [2.75, 3.05) is 0 Å². The summed E-state index contributed by atoms with van der Waals surface area (Å²) in [5.74, 6) is -1.18. The Morgan fingerprint density at radius 1 is 1.50 bits per heavy atom. The Morgan fingerprint density at radius 2 is 1.90 bits per heavy atom. The molecule has 0 saturated carbocycles.